The Bertz CT molecular complexity index is 3620. The summed E-state index contributed by atoms with van der Waals surface area (Å²) in [6.45, 7) is 0. The Morgan fingerprint density at radius 2 is 0.718 bits per heavy atom. The van der Waals surface area contributed by atoms with Crippen LogP contribution in [0.25, 0.3) is 21.5 Å². The van der Waals surface area contributed by atoms with Crippen molar-refractivity contribution in [2.45, 2.75) is 9.79 Å². The molecular formula is C34H18CrN10Na5O24S4. The molecule has 383 valence electrons. The third kappa shape index (κ3) is 20.0. The Kier molecular flexibility index (Phi) is 30.1. The van der Waals surface area contributed by atoms with E-state index in [-0.39, 0.29) is 198 Å². The van der Waals surface area contributed by atoms with Crippen LogP contribution in [-0.4, -0.2) is 83.3 Å². The molecule has 6 rings (SSSR count). The van der Waals surface area contributed by atoms with Crippen LogP contribution in [-0.2, 0) is 57.8 Å². The van der Waals surface area contributed by atoms with Crippen LogP contribution >= 0.6 is 0 Å². The van der Waals surface area contributed by atoms with Gasteiger partial charge in [0.1, 0.15) is 52.2 Å². The molecule has 0 aliphatic heterocycles. The minimum Gasteiger partial charge on any atom is -0.871 e. The Morgan fingerprint density at radius 1 is 0.423 bits per heavy atom. The molecule has 34 nitrogen and oxygen atoms in total. The predicted molar refractivity (Wildman–Crippen MR) is 226 cm³/mol. The number of hydrogen-bond acceptors (Lipinski definition) is 30. The first-order chi connectivity index (χ1) is 33.2. The molecule has 0 saturated carbocycles. The van der Waals surface area contributed by atoms with Gasteiger partial charge in [-0.1, -0.05) is 23.6 Å². The predicted octanol–water partition coefficient (Wildman–Crippen LogP) is -12.9. The van der Waals surface area contributed by atoms with E-state index in [9.17, 15) is 113 Å². The van der Waals surface area contributed by atoms with Crippen LogP contribution in [0.2, 0.25) is 0 Å². The summed E-state index contributed by atoms with van der Waals surface area (Å²) in [6, 6.07) is 9.48. The normalized spacial score (nSPS) is 11.2. The van der Waals surface area contributed by atoms with Gasteiger partial charge >= 0.3 is 177 Å². The summed E-state index contributed by atoms with van der Waals surface area (Å²) in [5.41, 5.74) is -8.52. The molecule has 78 heavy (non-hydrogen) atoms. The quantitative estimate of drug-likeness (QED) is 0.0299. The van der Waals surface area contributed by atoms with Crippen molar-refractivity contribution in [1.29, 1.82) is 0 Å². The standard InChI is InChI=1S/2C17H13N5O12S2.Cr.5Na/c2*23-14-5-11(12(21(25)26)6-13(14)22(27)28)19-20-16-15(36(32,33)34)3-8-1-2-9(4-10(8)17(16)24)18-7-35(29,30)31;;;;;;/h2*1-6,18,23-24H,7H2,(H,29,30,31)(H,32,33,34);;;;;;/q;;+3;5*+1/p-8. The second kappa shape index (κ2) is 30.6. The van der Waals surface area contributed by atoms with Gasteiger partial charge in [0.2, 0.25) is 0 Å². The molecular weight excluding hydrogens is 1230 g/mol. The molecule has 0 saturated heterocycles. The molecule has 0 unspecified atom stereocenters. The molecule has 0 aliphatic rings. The maximum Gasteiger partial charge on any atom is 3.00 e. The van der Waals surface area contributed by atoms with Gasteiger partial charge in [0, 0.05) is 11.4 Å². The summed E-state index contributed by atoms with van der Waals surface area (Å²) >= 11 is 0. The molecule has 0 atom stereocenters. The van der Waals surface area contributed by atoms with Gasteiger partial charge in [0.25, 0.3) is 11.4 Å². The van der Waals surface area contributed by atoms with Crippen molar-refractivity contribution in [2.75, 3.05) is 22.4 Å². The van der Waals surface area contributed by atoms with E-state index in [1.807, 2.05) is 0 Å². The number of anilines is 2. The van der Waals surface area contributed by atoms with Crippen molar-refractivity contribution in [2.24, 2.45) is 20.5 Å². The topological polar surface area (TPSA) is 567 Å². The van der Waals surface area contributed by atoms with Crippen LogP contribution in [0.3, 0.4) is 0 Å². The smallest absolute Gasteiger partial charge is 0.871 e. The minimum atomic E-state index is -5.37. The molecule has 1 radical (unpaired) electrons. The van der Waals surface area contributed by atoms with E-state index in [0.717, 1.165) is 36.4 Å². The summed E-state index contributed by atoms with van der Waals surface area (Å²) in [4.78, 5) is 37.3. The summed E-state index contributed by atoms with van der Waals surface area (Å²) in [6.07, 6.45) is 0. The van der Waals surface area contributed by atoms with Crippen LogP contribution in [0, 0.1) is 40.5 Å². The van der Waals surface area contributed by atoms with E-state index in [1.54, 1.807) is 0 Å². The van der Waals surface area contributed by atoms with Gasteiger partial charge in [-0.3, -0.25) is 40.5 Å². The van der Waals surface area contributed by atoms with Gasteiger partial charge in [-0.2, -0.15) is 0 Å². The van der Waals surface area contributed by atoms with Gasteiger partial charge in [0.05, 0.1) is 53.0 Å². The number of nitro benzene ring substituents is 4. The van der Waals surface area contributed by atoms with E-state index in [0.29, 0.717) is 24.3 Å². The zero-order chi connectivity index (χ0) is 54.0. The van der Waals surface area contributed by atoms with Crippen LogP contribution in [0.4, 0.5) is 56.9 Å². The largest absolute Gasteiger partial charge is 3.00 e. The molecule has 0 spiro atoms. The zero-order valence-corrected chi connectivity index (χ0v) is 54.3. The number of nitro groups is 4. The summed E-state index contributed by atoms with van der Waals surface area (Å²) in [5, 5.41) is 111. The Morgan fingerprint density at radius 3 is 0.974 bits per heavy atom. The maximum atomic E-state index is 12.9. The number of benzene rings is 6. The average Bonchev–Trinajstić information content (AvgIpc) is 3.25. The van der Waals surface area contributed by atoms with Crippen LogP contribution in [0.15, 0.2) is 103 Å². The maximum absolute atomic E-state index is 12.9. The first-order valence-electron chi connectivity index (χ1n) is 18.1. The van der Waals surface area contributed by atoms with Crippen LogP contribution in [0.1, 0.15) is 0 Å². The Labute approximate surface area is 557 Å². The van der Waals surface area contributed by atoms with Gasteiger partial charge in [0.15, 0.2) is 11.4 Å². The van der Waals surface area contributed by atoms with Crippen molar-refractivity contribution in [3.05, 3.63) is 113 Å². The first-order valence-corrected chi connectivity index (χ1v) is 24.1. The van der Waals surface area contributed by atoms with Crippen LogP contribution in [0.5, 0.6) is 23.0 Å². The zero-order valence-electron chi connectivity index (χ0n) is 39.8. The van der Waals surface area contributed by atoms with Crippen LogP contribution < -0.4 is 179 Å². The molecule has 0 aromatic heterocycles. The molecule has 0 aliphatic carbocycles. The summed E-state index contributed by atoms with van der Waals surface area (Å²) < 4.78 is 135. The molecule has 0 fully saturated rings. The fourth-order valence-electron chi connectivity index (χ4n) is 5.83. The van der Waals surface area contributed by atoms with Crippen molar-refractivity contribution in [1.82, 2.24) is 0 Å². The molecule has 0 bridgehead atoms. The van der Waals surface area contributed by atoms with Gasteiger partial charge in [-0.25, -0.2) is 33.7 Å². The second-order valence-corrected chi connectivity index (χ2v) is 19.2. The third-order valence-electron chi connectivity index (χ3n) is 8.93. The SMILES string of the molecule is O=[N+]([O-])c1cc([N+](=O)[O-])c(N=Nc2c(S(=O)(=O)[O-])cc3ccc(NCS(=O)(=O)[O-])cc3c2[O-])cc1[O-].O=[N+]([O-])c1cc([N+](=O)[O-])c(N=Nc2c(S(=O)(=O)[O-])cc3ccc(NCS(=O)(=O)[O-])cc3c2[O-])cc1[O-].[Cr+3].[Na+].[Na+].[Na+].[Na+].[Na+]. The fraction of sp³-hybridized carbons (Fsp3) is 0.0588. The monoisotopic (exact) mass is 1240 g/mol. The number of nitrogens with zero attached hydrogens (tertiary/aromatic N) is 8. The number of azo groups is 2. The molecule has 0 amide bonds. The fourth-order valence-corrected chi connectivity index (χ4v) is 7.80. The van der Waals surface area contributed by atoms with E-state index in [2.05, 4.69) is 31.1 Å². The van der Waals surface area contributed by atoms with Crippen molar-refractivity contribution in [3.8, 4) is 23.0 Å². The van der Waals surface area contributed by atoms with E-state index < -0.39 is 150 Å². The van der Waals surface area contributed by atoms with E-state index in [1.165, 1.54) is 12.1 Å². The summed E-state index contributed by atoms with van der Waals surface area (Å²) in [5.74, 6) is -7.17. The first kappa shape index (κ1) is 76.7. The van der Waals surface area contributed by atoms with Gasteiger partial charge in [-0.15, -0.1) is 20.5 Å². The average molecular weight is 1250 g/mol. The van der Waals surface area contributed by atoms with Crippen molar-refractivity contribution < 1.29 is 257 Å². The molecule has 0 heterocycles. The number of hydrogen-bond donors (Lipinski definition) is 2. The minimum absolute atomic E-state index is 0. The number of fused-ring (bicyclic) bond motifs is 2. The molecule has 2 N–H and O–H groups in total. The van der Waals surface area contributed by atoms with Gasteiger partial charge < -0.3 is 49.3 Å². The molecule has 6 aromatic carbocycles. The number of rotatable bonds is 16. The number of nitrogens with one attached hydrogen (secondary N) is 2. The van der Waals surface area contributed by atoms with Crippen molar-refractivity contribution in [3.63, 3.8) is 0 Å². The van der Waals surface area contributed by atoms with E-state index in [4.69, 9.17) is 0 Å². The van der Waals surface area contributed by atoms with Crippen molar-refractivity contribution >= 4 is 119 Å². The second-order valence-electron chi connectivity index (χ2n) is 13.7. The molecule has 44 heteroatoms. The van der Waals surface area contributed by atoms with Gasteiger partial charge in [-0.05, 0) is 81.6 Å². The Hall–Kier alpha value is -3.39. The third-order valence-corrected chi connectivity index (χ3v) is 11.6. The van der Waals surface area contributed by atoms with E-state index >= 15 is 0 Å². The Balaban J connectivity index is 0. The molecule has 6 aromatic rings. The summed E-state index contributed by atoms with van der Waals surface area (Å²) in [7, 11) is -20.1.